The second kappa shape index (κ2) is 25.1. The van der Waals surface area contributed by atoms with Gasteiger partial charge < -0.3 is 37.9 Å². The van der Waals surface area contributed by atoms with E-state index in [1.807, 2.05) is 6.07 Å². The number of ether oxygens (including phenoxy) is 8. The number of halogens is 1. The zero-order valence-electron chi connectivity index (χ0n) is 39.5. The molecule has 68 heavy (non-hydrogen) atoms. The number of unbranched alkanes of at least 4 members (excludes halogenated alkanes) is 2. The topological polar surface area (TPSA) is 193 Å². The maximum Gasteiger partial charge on any atom is 0.417 e. The van der Waals surface area contributed by atoms with Gasteiger partial charge in [0.1, 0.15) is 54.9 Å². The molecule has 15 nitrogen and oxygen atoms in total. The molecule has 1 fully saturated rings. The van der Waals surface area contributed by atoms with Crippen LogP contribution < -0.4 is 14.2 Å². The number of benzene rings is 3. The molecule has 0 aromatic heterocycles. The van der Waals surface area contributed by atoms with Crippen LogP contribution in [-0.2, 0) is 57.2 Å². The van der Waals surface area contributed by atoms with E-state index < -0.39 is 79.4 Å². The first-order valence-electron chi connectivity index (χ1n) is 22.1. The van der Waals surface area contributed by atoms with Gasteiger partial charge in [0.25, 0.3) is 0 Å². The monoisotopic (exact) mass is 942 g/mol. The Kier molecular flexibility index (Phi) is 19.8. The molecule has 364 valence electrons. The van der Waals surface area contributed by atoms with Crippen molar-refractivity contribution in [1.29, 1.82) is 0 Å². The van der Waals surface area contributed by atoms with Crippen LogP contribution in [0, 0.1) is 17.2 Å². The van der Waals surface area contributed by atoms with Crippen LogP contribution in [0.5, 0.6) is 17.2 Å². The van der Waals surface area contributed by atoms with Gasteiger partial charge in [0, 0.05) is 33.4 Å². The fourth-order valence-electron chi connectivity index (χ4n) is 7.29. The molecule has 16 heteroatoms. The molecule has 0 radical (unpaired) electrons. The molecule has 3 aromatic carbocycles. The summed E-state index contributed by atoms with van der Waals surface area (Å²) >= 11 is 0. The van der Waals surface area contributed by atoms with Crippen molar-refractivity contribution >= 4 is 41.8 Å². The fraction of sp³-hybridized carbons (Fsp3) is 0.404. The standard InChI is InChI=1S/C52H59FO15/c1-10-11-12-13-34-14-16-35(17-15-34)37-20-23-39(42(53)24-37)41-26-43(67-46(55)32(4)5)40(25-44(41)68-47(56)33(6)7)36-18-21-38(22-19-36)63-27-52(28-64-45(54)31(2)3,29-65-50(59)48(57)61-8)30-66-51(60)49(58)62-9/h18-26,34-35H,2,4,6,10-17,27-30H2,1,3,5,7-9H3. The molecular weight excluding hydrogens is 884 g/mol. The van der Waals surface area contributed by atoms with Crippen LogP contribution >= 0.6 is 0 Å². The van der Waals surface area contributed by atoms with Crippen LogP contribution in [0.2, 0.25) is 0 Å². The van der Waals surface area contributed by atoms with E-state index in [4.69, 9.17) is 28.4 Å². The highest BCUT2D eigenvalue weighted by molar-refractivity contribution is 6.30. The van der Waals surface area contributed by atoms with E-state index in [2.05, 4.69) is 36.1 Å². The van der Waals surface area contributed by atoms with Crippen molar-refractivity contribution in [3.05, 3.63) is 102 Å². The van der Waals surface area contributed by atoms with Gasteiger partial charge in [-0.2, -0.15) is 0 Å². The van der Waals surface area contributed by atoms with Crippen molar-refractivity contribution in [2.75, 3.05) is 40.6 Å². The van der Waals surface area contributed by atoms with E-state index in [1.165, 1.54) is 76.8 Å². The number of carbonyl (C=O) groups is 7. The Bertz CT molecular complexity index is 2360. The van der Waals surface area contributed by atoms with Crippen LogP contribution in [0.15, 0.2) is 91.1 Å². The average Bonchev–Trinajstić information content (AvgIpc) is 3.33. The molecule has 0 heterocycles. The smallest absolute Gasteiger partial charge is 0.417 e. The Morgan fingerprint density at radius 1 is 0.588 bits per heavy atom. The van der Waals surface area contributed by atoms with E-state index >= 15 is 4.39 Å². The Labute approximate surface area is 395 Å². The lowest BCUT2D eigenvalue weighted by Gasteiger charge is -2.31. The minimum Gasteiger partial charge on any atom is -0.493 e. The molecule has 0 bridgehead atoms. The first-order valence-corrected chi connectivity index (χ1v) is 22.1. The summed E-state index contributed by atoms with van der Waals surface area (Å²) in [6.45, 7) is 14.7. The van der Waals surface area contributed by atoms with Crippen molar-refractivity contribution in [3.63, 3.8) is 0 Å². The molecule has 0 unspecified atom stereocenters. The van der Waals surface area contributed by atoms with Gasteiger partial charge in [0.05, 0.1) is 14.2 Å². The number of hydrogen-bond acceptors (Lipinski definition) is 15. The second-order valence-electron chi connectivity index (χ2n) is 16.9. The molecule has 1 saturated carbocycles. The first-order chi connectivity index (χ1) is 32.3. The molecule has 1 aliphatic carbocycles. The Morgan fingerprint density at radius 2 is 1.09 bits per heavy atom. The van der Waals surface area contributed by atoms with Crippen LogP contribution in [0.1, 0.15) is 90.5 Å². The predicted molar refractivity (Wildman–Crippen MR) is 247 cm³/mol. The van der Waals surface area contributed by atoms with E-state index in [1.54, 1.807) is 18.2 Å². The summed E-state index contributed by atoms with van der Waals surface area (Å²) in [7, 11) is 1.90. The number of carbonyl (C=O) groups excluding carboxylic acids is 7. The third-order valence-electron chi connectivity index (χ3n) is 11.3. The summed E-state index contributed by atoms with van der Waals surface area (Å²) in [6.07, 6.45) is 8.93. The summed E-state index contributed by atoms with van der Waals surface area (Å²) in [5, 5.41) is 0. The molecule has 4 rings (SSSR count). The van der Waals surface area contributed by atoms with Crippen molar-refractivity contribution < 1.29 is 75.8 Å². The van der Waals surface area contributed by atoms with E-state index in [0.717, 1.165) is 45.5 Å². The SMILES string of the molecule is C=C(C)C(=O)OCC(COC(=O)C(=O)OC)(COC(=O)C(=O)OC)COc1ccc(-c2cc(OC(=O)C(=C)C)c(-c3ccc(C4CCC(CCCCC)CC4)cc3F)cc2OC(=O)C(=C)C)cc1. The van der Waals surface area contributed by atoms with Gasteiger partial charge >= 0.3 is 41.8 Å². The van der Waals surface area contributed by atoms with Gasteiger partial charge in [-0.25, -0.2) is 38.0 Å². The molecule has 0 atom stereocenters. The summed E-state index contributed by atoms with van der Waals surface area (Å²) in [6, 6.07) is 13.9. The van der Waals surface area contributed by atoms with Crippen LogP contribution in [0.25, 0.3) is 22.3 Å². The van der Waals surface area contributed by atoms with Crippen molar-refractivity contribution in [2.45, 2.75) is 85.0 Å². The molecule has 3 aromatic rings. The lowest BCUT2D eigenvalue weighted by atomic mass is 9.77. The lowest BCUT2D eigenvalue weighted by Crippen LogP contribution is -2.45. The third-order valence-corrected chi connectivity index (χ3v) is 11.3. The van der Waals surface area contributed by atoms with Gasteiger partial charge in [-0.1, -0.05) is 76.6 Å². The number of rotatable bonds is 21. The molecule has 1 aliphatic rings. The van der Waals surface area contributed by atoms with E-state index in [0.29, 0.717) is 11.5 Å². The van der Waals surface area contributed by atoms with Crippen LogP contribution in [0.3, 0.4) is 0 Å². The number of hydrogen-bond donors (Lipinski definition) is 0. The summed E-state index contributed by atoms with van der Waals surface area (Å²) in [4.78, 5) is 87.1. The zero-order chi connectivity index (χ0) is 50.1. The van der Waals surface area contributed by atoms with Gasteiger partial charge in [0.2, 0.25) is 0 Å². The normalized spacial score (nSPS) is 14.3. The fourth-order valence-corrected chi connectivity index (χ4v) is 7.29. The average molecular weight is 943 g/mol. The Hall–Kier alpha value is -7.10. The summed E-state index contributed by atoms with van der Waals surface area (Å²) in [5.74, 6) is -7.64. The summed E-state index contributed by atoms with van der Waals surface area (Å²) in [5.41, 5.74) is 0.116. The summed E-state index contributed by atoms with van der Waals surface area (Å²) < 4.78 is 58.5. The minimum absolute atomic E-state index is 0.00361. The van der Waals surface area contributed by atoms with Crippen molar-refractivity contribution in [3.8, 4) is 39.5 Å². The first kappa shape index (κ1) is 53.5. The van der Waals surface area contributed by atoms with E-state index in [-0.39, 0.29) is 56.6 Å². The van der Waals surface area contributed by atoms with Gasteiger partial charge in [-0.3, -0.25) is 0 Å². The highest BCUT2D eigenvalue weighted by atomic mass is 19.1. The van der Waals surface area contributed by atoms with Crippen LogP contribution in [-0.4, -0.2) is 82.4 Å². The van der Waals surface area contributed by atoms with Gasteiger partial charge in [-0.15, -0.1) is 0 Å². The molecule has 0 spiro atoms. The predicted octanol–water partition coefficient (Wildman–Crippen LogP) is 8.89. The minimum atomic E-state index is -1.75. The molecule has 0 amide bonds. The maximum atomic E-state index is 16.4. The quantitative estimate of drug-likeness (QED) is 0.0245. The highest BCUT2D eigenvalue weighted by Crippen LogP contribution is 2.44. The molecule has 0 N–H and O–H groups in total. The molecule has 0 saturated heterocycles. The van der Waals surface area contributed by atoms with Gasteiger partial charge in [0.15, 0.2) is 0 Å². The second-order valence-corrected chi connectivity index (χ2v) is 16.9. The Morgan fingerprint density at radius 3 is 1.57 bits per heavy atom. The third kappa shape index (κ3) is 15.0. The van der Waals surface area contributed by atoms with E-state index in [9.17, 15) is 33.6 Å². The van der Waals surface area contributed by atoms with Crippen molar-refractivity contribution in [2.24, 2.45) is 11.3 Å². The van der Waals surface area contributed by atoms with Crippen LogP contribution in [0.4, 0.5) is 4.39 Å². The maximum absolute atomic E-state index is 16.4. The largest absolute Gasteiger partial charge is 0.493 e. The highest BCUT2D eigenvalue weighted by Gasteiger charge is 2.39. The van der Waals surface area contributed by atoms with Gasteiger partial charge in [-0.05, 0) is 99.7 Å². The molecule has 0 aliphatic heterocycles. The Balaban J connectivity index is 1.74. The lowest BCUT2D eigenvalue weighted by molar-refractivity contribution is -0.177. The zero-order valence-corrected chi connectivity index (χ0v) is 39.5. The van der Waals surface area contributed by atoms with Crippen molar-refractivity contribution in [1.82, 2.24) is 0 Å². The number of esters is 7. The molecular formula is C52H59FO15. The number of methoxy groups -OCH3 is 2.